The summed E-state index contributed by atoms with van der Waals surface area (Å²) in [6.45, 7) is 2.29. The van der Waals surface area contributed by atoms with Crippen LogP contribution in [0.2, 0.25) is 0 Å². The zero-order valence-electron chi connectivity index (χ0n) is 14.5. The highest BCUT2D eigenvalue weighted by molar-refractivity contribution is 8.04. The van der Waals surface area contributed by atoms with Crippen molar-refractivity contribution in [1.29, 1.82) is 0 Å². The SMILES string of the molecule is CN1CCCSCCSCCSCCCN(C)c2ccc1cc2. The first-order valence-corrected chi connectivity index (χ1v) is 12.0. The van der Waals surface area contributed by atoms with Gasteiger partial charge in [-0.15, -0.1) is 0 Å². The summed E-state index contributed by atoms with van der Waals surface area (Å²) in [5, 5.41) is 0. The van der Waals surface area contributed by atoms with Crippen LogP contribution in [-0.2, 0) is 0 Å². The van der Waals surface area contributed by atoms with Gasteiger partial charge >= 0.3 is 0 Å². The summed E-state index contributed by atoms with van der Waals surface area (Å²) in [6, 6.07) is 9.05. The molecule has 0 aromatic heterocycles. The predicted molar refractivity (Wildman–Crippen MR) is 114 cm³/mol. The van der Waals surface area contributed by atoms with Crippen LogP contribution in [0.3, 0.4) is 0 Å². The third-order valence-electron chi connectivity index (χ3n) is 4.04. The number of fused-ring (bicyclic) bond motifs is 16. The lowest BCUT2D eigenvalue weighted by atomic mass is 10.2. The normalized spacial score (nSPS) is 19.9. The summed E-state index contributed by atoms with van der Waals surface area (Å²) < 4.78 is 0. The Kier molecular flexibility index (Phi) is 9.54. The van der Waals surface area contributed by atoms with Crippen LogP contribution < -0.4 is 9.80 Å². The molecule has 130 valence electrons. The zero-order valence-corrected chi connectivity index (χ0v) is 16.9. The molecular formula is C18H30N2S3. The highest BCUT2D eigenvalue weighted by atomic mass is 32.2. The van der Waals surface area contributed by atoms with Crippen LogP contribution in [-0.4, -0.2) is 61.7 Å². The van der Waals surface area contributed by atoms with Gasteiger partial charge in [0.1, 0.15) is 0 Å². The molecule has 2 nitrogen and oxygen atoms in total. The molecule has 0 fully saturated rings. The molecule has 0 N–H and O–H groups in total. The van der Waals surface area contributed by atoms with Crippen molar-refractivity contribution in [3.8, 4) is 0 Å². The second kappa shape index (κ2) is 11.4. The molecule has 2 heterocycles. The Bertz CT molecular complexity index is 386. The van der Waals surface area contributed by atoms with Crippen LogP contribution in [0.4, 0.5) is 11.4 Å². The van der Waals surface area contributed by atoms with Crippen molar-refractivity contribution >= 4 is 46.7 Å². The number of rotatable bonds is 0. The summed E-state index contributed by atoms with van der Waals surface area (Å²) >= 11 is 6.34. The molecule has 2 aliphatic heterocycles. The Morgan fingerprint density at radius 1 is 0.609 bits per heavy atom. The van der Waals surface area contributed by atoms with Crippen LogP contribution in [0, 0.1) is 0 Å². The smallest absolute Gasteiger partial charge is 0.0365 e. The summed E-state index contributed by atoms with van der Waals surface area (Å²) in [4.78, 5) is 4.76. The van der Waals surface area contributed by atoms with E-state index in [0.717, 1.165) is 13.1 Å². The number of hydrogen-bond donors (Lipinski definition) is 0. The minimum atomic E-state index is 1.14. The van der Waals surface area contributed by atoms with Gasteiger partial charge in [0.05, 0.1) is 0 Å². The van der Waals surface area contributed by atoms with Gasteiger partial charge in [-0.2, -0.15) is 35.3 Å². The summed E-state index contributed by atoms with van der Waals surface area (Å²) in [6.07, 6.45) is 2.53. The van der Waals surface area contributed by atoms with E-state index in [1.54, 1.807) is 0 Å². The number of benzene rings is 1. The maximum atomic E-state index is 2.38. The van der Waals surface area contributed by atoms with E-state index in [1.165, 1.54) is 58.7 Å². The Morgan fingerprint density at radius 3 is 1.35 bits per heavy atom. The van der Waals surface area contributed by atoms with Crippen molar-refractivity contribution in [3.63, 3.8) is 0 Å². The second-order valence-corrected chi connectivity index (χ2v) is 9.58. The maximum absolute atomic E-state index is 2.38. The molecule has 5 heteroatoms. The molecule has 0 amide bonds. The van der Waals surface area contributed by atoms with Crippen LogP contribution in [0.25, 0.3) is 0 Å². The monoisotopic (exact) mass is 370 g/mol. The minimum Gasteiger partial charge on any atom is -0.375 e. The summed E-state index contributed by atoms with van der Waals surface area (Å²) in [5.74, 6) is 7.79. The van der Waals surface area contributed by atoms with Crippen LogP contribution in [0.1, 0.15) is 12.8 Å². The van der Waals surface area contributed by atoms with Gasteiger partial charge in [-0.05, 0) is 48.6 Å². The van der Waals surface area contributed by atoms with Gasteiger partial charge < -0.3 is 9.80 Å². The number of hydrogen-bond acceptors (Lipinski definition) is 5. The zero-order chi connectivity index (χ0) is 16.3. The molecule has 0 spiro atoms. The molecule has 0 atom stereocenters. The second-order valence-electron chi connectivity index (χ2n) is 5.90. The first kappa shape index (κ1) is 19.2. The standard InChI is InChI=1S/C18H30N2S3/c1-19-9-3-11-21-13-15-23-16-14-22-12-4-10-20(2)18-7-5-17(19)6-8-18/h5-8H,3-4,9-16H2,1-2H3. The Labute approximate surface area is 155 Å². The molecule has 1 aromatic rings. The largest absolute Gasteiger partial charge is 0.375 e. The lowest BCUT2D eigenvalue weighted by molar-refractivity contribution is 0.852. The molecule has 0 radical (unpaired) electrons. The molecule has 3 rings (SSSR count). The third-order valence-corrected chi connectivity index (χ3v) is 7.68. The van der Waals surface area contributed by atoms with E-state index < -0.39 is 0 Å². The fourth-order valence-electron chi connectivity index (χ4n) is 2.57. The maximum Gasteiger partial charge on any atom is 0.0365 e. The Morgan fingerprint density at radius 2 is 0.957 bits per heavy atom. The van der Waals surface area contributed by atoms with Gasteiger partial charge in [-0.1, -0.05) is 0 Å². The first-order valence-electron chi connectivity index (χ1n) is 8.53. The van der Waals surface area contributed by atoms with Crippen molar-refractivity contribution in [2.45, 2.75) is 12.8 Å². The highest BCUT2D eigenvalue weighted by Crippen LogP contribution is 2.20. The molecule has 1 aromatic carbocycles. The average Bonchev–Trinajstić information content (AvgIpc) is 2.58. The molecule has 0 saturated carbocycles. The van der Waals surface area contributed by atoms with E-state index >= 15 is 0 Å². The minimum absolute atomic E-state index is 1.14. The lowest BCUT2D eigenvalue weighted by Crippen LogP contribution is -2.20. The fourth-order valence-corrected chi connectivity index (χ4v) is 5.73. The topological polar surface area (TPSA) is 6.48 Å². The molecule has 0 aliphatic carbocycles. The Balaban J connectivity index is 1.89. The molecule has 0 saturated heterocycles. The summed E-state index contributed by atoms with van der Waals surface area (Å²) in [7, 11) is 4.41. The van der Waals surface area contributed by atoms with Gasteiger partial charge in [0.2, 0.25) is 0 Å². The lowest BCUT2D eigenvalue weighted by Gasteiger charge is -2.22. The van der Waals surface area contributed by atoms with Crippen molar-refractivity contribution < 1.29 is 0 Å². The van der Waals surface area contributed by atoms with E-state index in [0.29, 0.717) is 0 Å². The van der Waals surface area contributed by atoms with Crippen LogP contribution >= 0.6 is 35.3 Å². The molecule has 23 heavy (non-hydrogen) atoms. The van der Waals surface area contributed by atoms with Gasteiger partial charge in [-0.3, -0.25) is 0 Å². The van der Waals surface area contributed by atoms with Crippen molar-refractivity contribution in [3.05, 3.63) is 24.3 Å². The molecule has 2 bridgehead atoms. The van der Waals surface area contributed by atoms with E-state index in [-0.39, 0.29) is 0 Å². The fraction of sp³-hybridized carbons (Fsp3) is 0.667. The van der Waals surface area contributed by atoms with Gasteiger partial charge in [-0.25, -0.2) is 0 Å². The van der Waals surface area contributed by atoms with Crippen molar-refractivity contribution in [2.75, 3.05) is 71.5 Å². The van der Waals surface area contributed by atoms with E-state index in [2.05, 4.69) is 83.4 Å². The van der Waals surface area contributed by atoms with Gasteiger partial charge in [0, 0.05) is 61.6 Å². The average molecular weight is 371 g/mol. The van der Waals surface area contributed by atoms with Crippen LogP contribution in [0.15, 0.2) is 24.3 Å². The van der Waals surface area contributed by atoms with Crippen molar-refractivity contribution in [2.24, 2.45) is 0 Å². The molecule has 0 unspecified atom stereocenters. The van der Waals surface area contributed by atoms with E-state index in [9.17, 15) is 0 Å². The highest BCUT2D eigenvalue weighted by Gasteiger charge is 2.04. The summed E-state index contributed by atoms with van der Waals surface area (Å²) in [5.41, 5.74) is 2.66. The van der Waals surface area contributed by atoms with Gasteiger partial charge in [0.25, 0.3) is 0 Å². The molecule has 2 aliphatic rings. The van der Waals surface area contributed by atoms with E-state index in [1.807, 2.05) is 0 Å². The Hall–Kier alpha value is -0.130. The quantitative estimate of drug-likeness (QED) is 0.659. The van der Waals surface area contributed by atoms with Crippen molar-refractivity contribution in [1.82, 2.24) is 0 Å². The third kappa shape index (κ3) is 7.53. The predicted octanol–water partition coefficient (Wildman–Crippen LogP) is 4.55. The first-order chi connectivity index (χ1) is 11.3. The van der Waals surface area contributed by atoms with Crippen LogP contribution in [0.5, 0.6) is 0 Å². The number of thioether (sulfide) groups is 3. The number of anilines is 2. The molecular weight excluding hydrogens is 340 g/mol. The number of nitrogens with zero attached hydrogens (tertiary/aromatic N) is 2. The van der Waals surface area contributed by atoms with Gasteiger partial charge in [0.15, 0.2) is 0 Å². The van der Waals surface area contributed by atoms with E-state index in [4.69, 9.17) is 0 Å².